The van der Waals surface area contributed by atoms with E-state index in [0.29, 0.717) is 0 Å². The van der Waals surface area contributed by atoms with Gasteiger partial charge in [-0.05, 0) is 12.5 Å². The fourth-order valence-corrected chi connectivity index (χ4v) is 0.863. The van der Waals surface area contributed by atoms with Crippen molar-refractivity contribution < 1.29 is 30.2 Å². The maximum Gasteiger partial charge on any atom is 1.00 e. The number of phosphoric acid groups is 1. The Bertz CT molecular complexity index is 259. The number of rotatable bonds is 5. The van der Waals surface area contributed by atoms with Crippen LogP contribution in [0.25, 0.3) is 0 Å². The summed E-state index contributed by atoms with van der Waals surface area (Å²) >= 11 is 0. The van der Waals surface area contributed by atoms with Crippen LogP contribution < -0.4 is 0 Å². The first kappa shape index (κ1) is 12.5. The zero-order chi connectivity index (χ0) is 10.6. The lowest BCUT2D eigenvalue weighted by molar-refractivity contribution is -0.124. The standard InChI is InChI=1S/C6H11O6P/c1-4(2)6(8)5(7)3-12-13(9,10)11/h5,7H,1,3H2,2H3,(H2,9,10,11)/p+1. The van der Waals surface area contributed by atoms with E-state index in [1.54, 1.807) is 0 Å². The van der Waals surface area contributed by atoms with Crippen molar-refractivity contribution in [1.82, 2.24) is 0 Å². The third-order valence-electron chi connectivity index (χ3n) is 1.12. The molecule has 0 aromatic carbocycles. The Morgan fingerprint density at radius 1 is 1.69 bits per heavy atom. The van der Waals surface area contributed by atoms with Gasteiger partial charge in [0.15, 0.2) is 5.78 Å². The molecule has 0 aliphatic carbocycles. The molecule has 0 spiro atoms. The number of ketones is 1. The fraction of sp³-hybridized carbons (Fsp3) is 0.500. The monoisotopic (exact) mass is 211 g/mol. The molecule has 0 aliphatic rings. The highest BCUT2D eigenvalue weighted by atomic mass is 31.2. The summed E-state index contributed by atoms with van der Waals surface area (Å²) in [4.78, 5) is 27.3. The molecular weight excluding hydrogens is 199 g/mol. The van der Waals surface area contributed by atoms with Crippen molar-refractivity contribution in [2.24, 2.45) is 0 Å². The second kappa shape index (κ2) is 4.64. The third kappa shape index (κ3) is 5.68. The van der Waals surface area contributed by atoms with Crippen LogP contribution in [-0.4, -0.2) is 33.4 Å². The molecule has 0 heterocycles. The van der Waals surface area contributed by atoms with Crippen LogP contribution >= 0.6 is 7.82 Å². The van der Waals surface area contributed by atoms with Gasteiger partial charge < -0.3 is 14.9 Å². The number of aliphatic hydroxyl groups is 1. The second-order valence-electron chi connectivity index (χ2n) is 2.45. The van der Waals surface area contributed by atoms with Gasteiger partial charge in [0.2, 0.25) is 0 Å². The number of phosphoric ester groups is 1. The minimum Gasteiger partial charge on any atom is -0.382 e. The molecular formula is C6H12O6P+. The van der Waals surface area contributed by atoms with Crippen LogP contribution in [0.1, 0.15) is 8.35 Å². The Kier molecular flexibility index (Phi) is 4.46. The van der Waals surface area contributed by atoms with E-state index < -0.39 is 26.3 Å². The lowest BCUT2D eigenvalue weighted by Crippen LogP contribution is -2.25. The average molecular weight is 211 g/mol. The summed E-state index contributed by atoms with van der Waals surface area (Å²) in [7, 11) is -4.63. The summed E-state index contributed by atoms with van der Waals surface area (Å²) in [6.07, 6.45) is -1.58. The number of aliphatic hydroxyl groups excluding tert-OH is 1. The molecule has 76 valence electrons. The smallest absolute Gasteiger partial charge is 0.382 e. The molecule has 0 saturated carbocycles. The van der Waals surface area contributed by atoms with Gasteiger partial charge in [-0.1, -0.05) is 6.58 Å². The van der Waals surface area contributed by atoms with Crippen LogP contribution in [0.15, 0.2) is 12.2 Å². The van der Waals surface area contributed by atoms with E-state index in [1.165, 1.54) is 6.92 Å². The van der Waals surface area contributed by atoms with E-state index in [4.69, 9.17) is 14.9 Å². The SMILES string of the molecule is C=C(C)C(=O)C(O)COP(=O)(O)O.[H+]. The molecule has 0 aromatic rings. The third-order valence-corrected chi connectivity index (χ3v) is 1.61. The van der Waals surface area contributed by atoms with Gasteiger partial charge in [-0.2, -0.15) is 0 Å². The lowest BCUT2D eigenvalue weighted by atomic mass is 10.1. The molecule has 1 atom stereocenters. The number of carbonyl (C=O) groups excluding carboxylic acids is 1. The molecule has 0 rings (SSSR count). The Morgan fingerprint density at radius 3 is 2.46 bits per heavy atom. The summed E-state index contributed by atoms with van der Waals surface area (Å²) < 4.78 is 14.1. The topological polar surface area (TPSA) is 104 Å². The van der Waals surface area contributed by atoms with Crippen molar-refractivity contribution in [3.63, 3.8) is 0 Å². The van der Waals surface area contributed by atoms with E-state index in [-0.39, 0.29) is 7.00 Å². The summed E-state index contributed by atoms with van der Waals surface area (Å²) in [5.41, 5.74) is 0.0989. The van der Waals surface area contributed by atoms with Gasteiger partial charge in [0, 0.05) is 0 Å². The largest absolute Gasteiger partial charge is 1.00 e. The number of carbonyl (C=O) groups is 1. The number of hydrogen-bond acceptors (Lipinski definition) is 4. The zero-order valence-corrected chi connectivity index (χ0v) is 7.90. The molecule has 0 fully saturated rings. The maximum atomic E-state index is 10.9. The highest BCUT2D eigenvalue weighted by Crippen LogP contribution is 2.35. The first-order valence-electron chi connectivity index (χ1n) is 3.32. The molecule has 6 nitrogen and oxygen atoms in total. The Morgan fingerprint density at radius 2 is 2.15 bits per heavy atom. The molecule has 3 N–H and O–H groups in total. The van der Waals surface area contributed by atoms with Gasteiger partial charge in [0.05, 0.1) is 6.61 Å². The first-order chi connectivity index (χ1) is 5.74. The van der Waals surface area contributed by atoms with Gasteiger partial charge in [0.25, 0.3) is 0 Å². The second-order valence-corrected chi connectivity index (χ2v) is 3.69. The lowest BCUT2D eigenvalue weighted by Gasteiger charge is -2.10. The van der Waals surface area contributed by atoms with Crippen molar-refractivity contribution in [3.8, 4) is 0 Å². The predicted octanol–water partition coefficient (Wildman–Crippen LogP) is -0.286. The Balaban J connectivity index is 0. The number of Topliss-reactive ketones (excluding diaryl/α,β-unsaturated/α-hetero) is 1. The van der Waals surface area contributed by atoms with Gasteiger partial charge in [-0.3, -0.25) is 9.32 Å². The van der Waals surface area contributed by atoms with Gasteiger partial charge in [-0.15, -0.1) is 0 Å². The average Bonchev–Trinajstić information content (AvgIpc) is 1.97. The molecule has 0 aromatic heterocycles. The van der Waals surface area contributed by atoms with Gasteiger partial charge in [-0.25, -0.2) is 4.57 Å². The summed E-state index contributed by atoms with van der Waals surface area (Å²) in [6, 6.07) is 0. The van der Waals surface area contributed by atoms with Gasteiger partial charge >= 0.3 is 9.25 Å². The molecule has 0 saturated heterocycles. The Hall–Kier alpha value is -0.520. The van der Waals surface area contributed by atoms with E-state index in [2.05, 4.69) is 11.1 Å². The zero-order valence-electron chi connectivity index (χ0n) is 8.01. The minimum absolute atomic E-state index is 0. The van der Waals surface area contributed by atoms with Gasteiger partial charge in [0.1, 0.15) is 6.10 Å². The van der Waals surface area contributed by atoms with Crippen molar-refractivity contribution in [1.29, 1.82) is 0 Å². The minimum atomic E-state index is -4.63. The predicted molar refractivity (Wildman–Crippen MR) is 44.9 cm³/mol. The molecule has 0 bridgehead atoms. The quantitative estimate of drug-likeness (QED) is 0.426. The van der Waals surface area contributed by atoms with Crippen LogP contribution in [-0.2, 0) is 13.9 Å². The molecule has 0 radical (unpaired) electrons. The summed E-state index contributed by atoms with van der Waals surface area (Å²) in [5, 5.41) is 8.97. The molecule has 0 aliphatic heterocycles. The van der Waals surface area contributed by atoms with Crippen molar-refractivity contribution in [3.05, 3.63) is 12.2 Å². The van der Waals surface area contributed by atoms with Crippen LogP contribution in [0.2, 0.25) is 0 Å². The molecule has 13 heavy (non-hydrogen) atoms. The normalized spacial score (nSPS) is 13.8. The van der Waals surface area contributed by atoms with E-state index >= 15 is 0 Å². The van der Waals surface area contributed by atoms with Crippen LogP contribution in [0.4, 0.5) is 0 Å². The fourth-order valence-electron chi connectivity index (χ4n) is 0.528. The highest BCUT2D eigenvalue weighted by Gasteiger charge is 2.21. The Labute approximate surface area is 76.6 Å². The maximum absolute atomic E-state index is 10.9. The van der Waals surface area contributed by atoms with E-state index in [1.807, 2.05) is 0 Å². The van der Waals surface area contributed by atoms with Crippen molar-refractivity contribution >= 4 is 13.6 Å². The molecule has 7 heteroatoms. The van der Waals surface area contributed by atoms with Crippen molar-refractivity contribution in [2.75, 3.05) is 6.61 Å². The first-order valence-corrected chi connectivity index (χ1v) is 4.85. The van der Waals surface area contributed by atoms with Crippen molar-refractivity contribution in [2.45, 2.75) is 13.0 Å². The summed E-state index contributed by atoms with van der Waals surface area (Å²) in [5.74, 6) is -0.701. The van der Waals surface area contributed by atoms with Crippen LogP contribution in [0.3, 0.4) is 0 Å². The summed E-state index contributed by atoms with van der Waals surface area (Å²) in [6.45, 7) is 3.90. The van der Waals surface area contributed by atoms with Crippen LogP contribution in [0.5, 0.6) is 0 Å². The highest BCUT2D eigenvalue weighted by molar-refractivity contribution is 7.46. The molecule has 1 unspecified atom stereocenters. The van der Waals surface area contributed by atoms with E-state index in [9.17, 15) is 9.36 Å². The number of hydrogen-bond donors (Lipinski definition) is 3. The molecule has 0 amide bonds. The van der Waals surface area contributed by atoms with E-state index in [0.717, 1.165) is 0 Å². The van der Waals surface area contributed by atoms with Crippen LogP contribution in [0, 0.1) is 0 Å².